The molecule has 2 atom stereocenters. The number of fused-ring (bicyclic) bond motifs is 1. The fourth-order valence-electron chi connectivity index (χ4n) is 7.05. The van der Waals surface area contributed by atoms with Crippen LogP contribution in [0.5, 0.6) is 0 Å². The molecule has 3 fully saturated rings. The first-order chi connectivity index (χ1) is 21.0. The van der Waals surface area contributed by atoms with Crippen LogP contribution in [0.15, 0.2) is 60.9 Å². The lowest BCUT2D eigenvalue weighted by Crippen LogP contribution is -2.47. The van der Waals surface area contributed by atoms with Crippen LogP contribution in [0.25, 0.3) is 11.3 Å². The van der Waals surface area contributed by atoms with E-state index < -0.39 is 29.1 Å². The molecule has 0 bridgehead atoms. The zero-order chi connectivity index (χ0) is 31.1. The summed E-state index contributed by atoms with van der Waals surface area (Å²) in [5, 5.41) is 13.9. The molecule has 2 unspecified atom stereocenters. The van der Waals surface area contributed by atoms with Crippen molar-refractivity contribution in [3.05, 3.63) is 83.6 Å². The van der Waals surface area contributed by atoms with Gasteiger partial charge in [-0.2, -0.15) is 13.2 Å². The fourth-order valence-corrected chi connectivity index (χ4v) is 7.05. The third kappa shape index (κ3) is 5.92. The number of nitrogens with one attached hydrogen (secondary N) is 1. The normalized spacial score (nSPS) is 25.6. The van der Waals surface area contributed by atoms with E-state index in [1.165, 1.54) is 30.5 Å². The van der Waals surface area contributed by atoms with Gasteiger partial charge in [0.25, 0.3) is 5.91 Å². The van der Waals surface area contributed by atoms with Crippen molar-refractivity contribution < 1.29 is 32.3 Å². The van der Waals surface area contributed by atoms with Crippen molar-refractivity contribution in [3.63, 3.8) is 0 Å². The Balaban J connectivity index is 1.02. The predicted octanol–water partition coefficient (Wildman–Crippen LogP) is 4.54. The Morgan fingerprint density at radius 2 is 1.75 bits per heavy atom. The Hall–Kier alpha value is -3.90. The van der Waals surface area contributed by atoms with Crippen LogP contribution >= 0.6 is 0 Å². The van der Waals surface area contributed by atoms with Gasteiger partial charge in [0.2, 0.25) is 5.91 Å². The molecule has 2 aromatic heterocycles. The number of amides is 2. The first kappa shape index (κ1) is 30.1. The average Bonchev–Trinajstić information content (AvgIpc) is 3.63. The summed E-state index contributed by atoms with van der Waals surface area (Å²) < 4.78 is 53.2. The Morgan fingerprint density at radius 3 is 2.45 bits per heavy atom. The van der Waals surface area contributed by atoms with Crippen molar-refractivity contribution in [2.75, 3.05) is 19.6 Å². The molecule has 0 radical (unpaired) electrons. The average molecular weight is 612 g/mol. The Kier molecular flexibility index (Phi) is 8.14. The molecule has 1 saturated carbocycles. The van der Waals surface area contributed by atoms with E-state index in [0.29, 0.717) is 30.6 Å². The highest BCUT2D eigenvalue weighted by Crippen LogP contribution is 2.42. The number of pyridine rings is 2. The summed E-state index contributed by atoms with van der Waals surface area (Å²) in [4.78, 5) is 38.3. The SMILES string of the molecule is O=C(NCC(=O)N1CCC2C1CCN2C1CCC(O)(c2ccc(-c3ncccc3F)cn2)CC1)c1cccc(C(F)(F)F)c1. The molecule has 0 spiro atoms. The molecule has 1 aliphatic carbocycles. The summed E-state index contributed by atoms with van der Waals surface area (Å²) in [5.41, 5.74) is -0.829. The van der Waals surface area contributed by atoms with E-state index >= 15 is 0 Å². The van der Waals surface area contributed by atoms with Gasteiger partial charge in [-0.05, 0) is 81.0 Å². The maximum absolute atomic E-state index is 14.1. The maximum Gasteiger partial charge on any atom is 0.416 e. The van der Waals surface area contributed by atoms with Crippen molar-refractivity contribution in [1.29, 1.82) is 0 Å². The van der Waals surface area contributed by atoms with Gasteiger partial charge < -0.3 is 15.3 Å². The molecule has 2 saturated heterocycles. The zero-order valence-corrected chi connectivity index (χ0v) is 23.9. The molecule has 4 heterocycles. The van der Waals surface area contributed by atoms with Crippen molar-refractivity contribution in [3.8, 4) is 11.3 Å². The molecular weight excluding hydrogens is 578 g/mol. The number of rotatable bonds is 6. The molecule has 8 nitrogen and oxygen atoms in total. The lowest BCUT2D eigenvalue weighted by Gasteiger charge is -2.41. The lowest BCUT2D eigenvalue weighted by molar-refractivity contribution is -0.137. The number of hydrogen-bond donors (Lipinski definition) is 2. The third-order valence-electron chi connectivity index (χ3n) is 9.32. The van der Waals surface area contributed by atoms with Gasteiger partial charge in [0.15, 0.2) is 0 Å². The second kappa shape index (κ2) is 11.9. The number of aromatic nitrogens is 2. The van der Waals surface area contributed by atoms with E-state index in [0.717, 1.165) is 44.4 Å². The molecule has 1 aromatic carbocycles. The van der Waals surface area contributed by atoms with Crippen LogP contribution in [0, 0.1) is 5.82 Å². The number of likely N-dealkylation sites (tertiary alicyclic amines) is 2. The number of benzene rings is 1. The monoisotopic (exact) mass is 611 g/mol. The molecule has 232 valence electrons. The van der Waals surface area contributed by atoms with E-state index in [9.17, 15) is 32.3 Å². The van der Waals surface area contributed by atoms with Gasteiger partial charge in [0.05, 0.1) is 17.8 Å². The van der Waals surface area contributed by atoms with Crippen LogP contribution in [-0.4, -0.2) is 74.4 Å². The predicted molar refractivity (Wildman–Crippen MR) is 153 cm³/mol. The Labute approximate surface area is 252 Å². The highest BCUT2D eigenvalue weighted by molar-refractivity contribution is 5.96. The molecule has 3 aromatic rings. The highest BCUT2D eigenvalue weighted by Gasteiger charge is 2.48. The first-order valence-electron chi connectivity index (χ1n) is 14.8. The summed E-state index contributed by atoms with van der Waals surface area (Å²) in [6.45, 7) is 1.09. The van der Waals surface area contributed by atoms with Crippen LogP contribution in [0.1, 0.15) is 60.1 Å². The molecule has 2 N–H and O–H groups in total. The second-order valence-electron chi connectivity index (χ2n) is 11.8. The molecular formula is C32H33F4N5O3. The Morgan fingerprint density at radius 1 is 0.977 bits per heavy atom. The minimum atomic E-state index is -4.56. The van der Waals surface area contributed by atoms with Crippen molar-refractivity contribution >= 4 is 11.8 Å². The highest BCUT2D eigenvalue weighted by atomic mass is 19.4. The fraction of sp³-hybridized carbons (Fsp3) is 0.438. The van der Waals surface area contributed by atoms with Gasteiger partial charge >= 0.3 is 6.18 Å². The van der Waals surface area contributed by atoms with E-state index in [1.54, 1.807) is 23.2 Å². The minimum Gasteiger partial charge on any atom is -0.384 e. The number of carbonyl (C=O) groups excluding carboxylic acids is 2. The summed E-state index contributed by atoms with van der Waals surface area (Å²) in [6, 6.07) is 10.9. The third-order valence-corrected chi connectivity index (χ3v) is 9.32. The number of carbonyl (C=O) groups is 2. The topological polar surface area (TPSA) is 98.7 Å². The molecule has 6 rings (SSSR count). The lowest BCUT2D eigenvalue weighted by atomic mass is 9.79. The van der Waals surface area contributed by atoms with E-state index in [-0.39, 0.29) is 41.8 Å². The van der Waals surface area contributed by atoms with Gasteiger partial charge in [-0.3, -0.25) is 24.5 Å². The molecule has 2 aliphatic heterocycles. The van der Waals surface area contributed by atoms with Crippen LogP contribution in [0.2, 0.25) is 0 Å². The summed E-state index contributed by atoms with van der Waals surface area (Å²) in [5.74, 6) is -1.41. The van der Waals surface area contributed by atoms with E-state index in [1.807, 2.05) is 0 Å². The minimum absolute atomic E-state index is 0.00923. The number of halogens is 4. The number of hydrogen-bond acceptors (Lipinski definition) is 6. The first-order valence-corrected chi connectivity index (χ1v) is 14.8. The molecule has 44 heavy (non-hydrogen) atoms. The van der Waals surface area contributed by atoms with Gasteiger partial charge in [-0.1, -0.05) is 6.07 Å². The molecule has 2 amide bonds. The van der Waals surface area contributed by atoms with E-state index in [4.69, 9.17) is 0 Å². The van der Waals surface area contributed by atoms with Crippen LogP contribution in [0.4, 0.5) is 17.6 Å². The quantitative estimate of drug-likeness (QED) is 0.398. The summed E-state index contributed by atoms with van der Waals surface area (Å²) in [6.07, 6.45) is 2.68. The summed E-state index contributed by atoms with van der Waals surface area (Å²) >= 11 is 0. The van der Waals surface area contributed by atoms with Gasteiger partial charge in [0, 0.05) is 54.7 Å². The van der Waals surface area contributed by atoms with Crippen LogP contribution < -0.4 is 5.32 Å². The second-order valence-corrected chi connectivity index (χ2v) is 11.8. The number of nitrogens with zero attached hydrogens (tertiary/aromatic N) is 4. The van der Waals surface area contributed by atoms with Gasteiger partial charge in [0.1, 0.15) is 17.1 Å². The number of alkyl halides is 3. The standard InChI is InChI=1S/C32H33F4N5O3/c33-24-5-2-14-37-29(24)21-6-7-27(38-18-21)31(44)12-8-23(9-13-31)40-15-10-26-25(40)11-16-41(26)28(42)19-39-30(43)20-3-1-4-22(17-20)32(34,35)36/h1-7,14,17-18,23,25-26,44H,8-13,15-16,19H2,(H,39,43). The summed E-state index contributed by atoms with van der Waals surface area (Å²) in [7, 11) is 0. The van der Waals surface area contributed by atoms with Crippen molar-refractivity contribution in [2.24, 2.45) is 0 Å². The van der Waals surface area contributed by atoms with E-state index in [2.05, 4.69) is 20.2 Å². The smallest absolute Gasteiger partial charge is 0.384 e. The van der Waals surface area contributed by atoms with Gasteiger partial charge in [-0.15, -0.1) is 0 Å². The van der Waals surface area contributed by atoms with Crippen LogP contribution in [-0.2, 0) is 16.6 Å². The zero-order valence-electron chi connectivity index (χ0n) is 23.9. The Bertz CT molecular complexity index is 1520. The molecule has 12 heteroatoms. The van der Waals surface area contributed by atoms with Crippen molar-refractivity contribution in [1.82, 2.24) is 25.1 Å². The number of aliphatic hydroxyl groups is 1. The van der Waals surface area contributed by atoms with Crippen LogP contribution in [0.3, 0.4) is 0 Å². The maximum atomic E-state index is 14.1. The van der Waals surface area contributed by atoms with Crippen molar-refractivity contribution in [2.45, 2.75) is 68.4 Å². The largest absolute Gasteiger partial charge is 0.416 e. The molecule has 3 aliphatic rings. The van der Waals surface area contributed by atoms with Gasteiger partial charge in [-0.25, -0.2) is 4.39 Å².